The quantitative estimate of drug-likeness (QED) is 0.329. The van der Waals surface area contributed by atoms with Gasteiger partial charge >= 0.3 is 0 Å². The van der Waals surface area contributed by atoms with Crippen LogP contribution in [0.1, 0.15) is 71.1 Å². The second kappa shape index (κ2) is 14.7. The molecule has 0 aromatic carbocycles. The lowest BCUT2D eigenvalue weighted by Crippen LogP contribution is -2.55. The molecule has 0 spiro atoms. The van der Waals surface area contributed by atoms with E-state index in [-0.39, 0.29) is 13.2 Å². The lowest BCUT2D eigenvalue weighted by Gasteiger charge is -2.37. The maximum Gasteiger partial charge on any atom is 0.114 e. The topological polar surface area (TPSA) is 79.2 Å². The fraction of sp³-hybridized carbons (Fsp3) is 0.900. The van der Waals surface area contributed by atoms with Gasteiger partial charge in [0.05, 0.1) is 13.2 Å². The van der Waals surface area contributed by atoms with E-state index < -0.39 is 24.4 Å². The van der Waals surface area contributed by atoms with E-state index in [4.69, 9.17) is 14.6 Å². The van der Waals surface area contributed by atoms with E-state index in [2.05, 4.69) is 19.1 Å². The van der Waals surface area contributed by atoms with E-state index in [1.165, 1.54) is 44.9 Å². The Bertz CT molecular complexity index is 334. The molecule has 5 nitrogen and oxygen atoms in total. The molecule has 0 aromatic heterocycles. The van der Waals surface area contributed by atoms with Gasteiger partial charge in [-0.05, 0) is 32.1 Å². The number of hydrogen-bond acceptors (Lipinski definition) is 5. The lowest BCUT2D eigenvalue weighted by molar-refractivity contribution is -0.210. The highest BCUT2D eigenvalue weighted by molar-refractivity contribution is 4.87. The highest BCUT2D eigenvalue weighted by Crippen LogP contribution is 2.19. The average molecular weight is 359 g/mol. The third-order valence-corrected chi connectivity index (χ3v) is 4.72. The Morgan fingerprint density at radius 2 is 1.60 bits per heavy atom. The zero-order valence-corrected chi connectivity index (χ0v) is 15.8. The van der Waals surface area contributed by atoms with E-state index in [1.54, 1.807) is 0 Å². The standard InChI is InChI=1S/C20H38O5/c1-2-3-4-5-6-7-8-9-10-11-12-13-14-24-20-17(22)16-25-18(15-21)19(20)23/h9-10,17-23H,2-8,11-16H2,1H3/b10-9+/t17-,18+,19+,20+/m0/s1. The number of rotatable bonds is 14. The molecule has 25 heavy (non-hydrogen) atoms. The number of unbranched alkanes of at least 4 members (excludes halogenated alkanes) is 8. The minimum Gasteiger partial charge on any atom is -0.394 e. The van der Waals surface area contributed by atoms with Crippen molar-refractivity contribution < 1.29 is 24.8 Å². The Hall–Kier alpha value is -0.460. The number of allylic oxidation sites excluding steroid dienone is 2. The highest BCUT2D eigenvalue weighted by atomic mass is 16.6. The van der Waals surface area contributed by atoms with Crippen LogP contribution in [0.5, 0.6) is 0 Å². The van der Waals surface area contributed by atoms with Gasteiger partial charge in [-0.25, -0.2) is 0 Å². The van der Waals surface area contributed by atoms with Crippen LogP contribution >= 0.6 is 0 Å². The van der Waals surface area contributed by atoms with Crippen molar-refractivity contribution in [1.29, 1.82) is 0 Å². The molecule has 4 atom stereocenters. The van der Waals surface area contributed by atoms with Crippen LogP contribution < -0.4 is 0 Å². The van der Waals surface area contributed by atoms with Crippen LogP contribution in [0.15, 0.2) is 12.2 Å². The van der Waals surface area contributed by atoms with E-state index in [0.29, 0.717) is 6.61 Å². The van der Waals surface area contributed by atoms with Gasteiger partial charge in [0.25, 0.3) is 0 Å². The Morgan fingerprint density at radius 3 is 2.28 bits per heavy atom. The molecule has 0 radical (unpaired) electrons. The molecule has 148 valence electrons. The molecule has 1 rings (SSSR count). The molecular formula is C20H38O5. The van der Waals surface area contributed by atoms with Crippen molar-refractivity contribution in [2.45, 2.75) is 95.5 Å². The molecule has 5 heteroatoms. The smallest absolute Gasteiger partial charge is 0.114 e. The van der Waals surface area contributed by atoms with Crippen LogP contribution in [-0.4, -0.2) is 59.6 Å². The van der Waals surface area contributed by atoms with Gasteiger partial charge in [0.1, 0.15) is 24.4 Å². The second-order valence-corrected chi connectivity index (χ2v) is 6.97. The number of hydrogen-bond donors (Lipinski definition) is 3. The number of aliphatic hydroxyl groups is 3. The third kappa shape index (κ3) is 9.71. The summed E-state index contributed by atoms with van der Waals surface area (Å²) < 4.78 is 10.8. The van der Waals surface area contributed by atoms with Crippen LogP contribution in [-0.2, 0) is 9.47 Å². The molecule has 0 amide bonds. The van der Waals surface area contributed by atoms with E-state index in [1.807, 2.05) is 0 Å². The molecule has 1 aliphatic rings. The third-order valence-electron chi connectivity index (χ3n) is 4.72. The van der Waals surface area contributed by atoms with Crippen molar-refractivity contribution in [3.8, 4) is 0 Å². The van der Waals surface area contributed by atoms with Gasteiger partial charge in [0.2, 0.25) is 0 Å². The van der Waals surface area contributed by atoms with Crippen LogP contribution in [0.4, 0.5) is 0 Å². The van der Waals surface area contributed by atoms with Gasteiger partial charge in [0, 0.05) is 6.61 Å². The van der Waals surface area contributed by atoms with E-state index in [9.17, 15) is 10.2 Å². The zero-order valence-electron chi connectivity index (χ0n) is 15.8. The summed E-state index contributed by atoms with van der Waals surface area (Å²) in [7, 11) is 0. The SMILES string of the molecule is CCCCCCCC/C=C/CCCCO[C@H]1[C@H](O)[C@@H](CO)OC[C@@H]1O. The monoisotopic (exact) mass is 358 g/mol. The summed E-state index contributed by atoms with van der Waals surface area (Å²) >= 11 is 0. The van der Waals surface area contributed by atoms with Crippen LogP contribution in [0.25, 0.3) is 0 Å². The molecule has 0 bridgehead atoms. The molecule has 0 aromatic rings. The van der Waals surface area contributed by atoms with Crippen molar-refractivity contribution in [2.75, 3.05) is 19.8 Å². The molecule has 0 aliphatic carbocycles. The van der Waals surface area contributed by atoms with Gasteiger partial charge in [0.15, 0.2) is 0 Å². The van der Waals surface area contributed by atoms with Gasteiger partial charge in [-0.3, -0.25) is 0 Å². The molecule has 1 saturated heterocycles. The van der Waals surface area contributed by atoms with Gasteiger partial charge in [-0.1, -0.05) is 51.2 Å². The fourth-order valence-electron chi connectivity index (χ4n) is 3.09. The number of ether oxygens (including phenoxy) is 2. The van der Waals surface area contributed by atoms with Gasteiger partial charge < -0.3 is 24.8 Å². The first-order valence-corrected chi connectivity index (χ1v) is 10.1. The second-order valence-electron chi connectivity index (χ2n) is 6.97. The summed E-state index contributed by atoms with van der Waals surface area (Å²) in [6.45, 7) is 2.57. The normalized spacial score (nSPS) is 27.2. The van der Waals surface area contributed by atoms with Crippen LogP contribution in [0.3, 0.4) is 0 Å². The average Bonchev–Trinajstić information content (AvgIpc) is 2.61. The molecule has 1 fully saturated rings. The molecule has 1 aliphatic heterocycles. The summed E-state index contributed by atoms with van der Waals surface area (Å²) in [5.74, 6) is 0. The van der Waals surface area contributed by atoms with Crippen molar-refractivity contribution in [3.63, 3.8) is 0 Å². The lowest BCUT2D eigenvalue weighted by atomic mass is 10.0. The molecule has 3 N–H and O–H groups in total. The minimum absolute atomic E-state index is 0.0914. The van der Waals surface area contributed by atoms with E-state index in [0.717, 1.165) is 19.3 Å². The first-order chi connectivity index (χ1) is 12.2. The summed E-state index contributed by atoms with van der Waals surface area (Å²) in [5.41, 5.74) is 0. The van der Waals surface area contributed by atoms with Gasteiger partial charge in [-0.2, -0.15) is 0 Å². The van der Waals surface area contributed by atoms with Crippen molar-refractivity contribution >= 4 is 0 Å². The van der Waals surface area contributed by atoms with Gasteiger partial charge in [-0.15, -0.1) is 0 Å². The maximum atomic E-state index is 10.0. The molecule has 0 unspecified atom stereocenters. The molecule has 0 saturated carbocycles. The van der Waals surface area contributed by atoms with Crippen LogP contribution in [0.2, 0.25) is 0 Å². The zero-order chi connectivity index (χ0) is 18.3. The first-order valence-electron chi connectivity index (χ1n) is 10.1. The summed E-state index contributed by atoms with van der Waals surface area (Å²) in [6, 6.07) is 0. The maximum absolute atomic E-state index is 10.0. The Balaban J connectivity index is 1.98. The predicted octanol–water partition coefficient (Wildman–Crippen LogP) is 2.96. The van der Waals surface area contributed by atoms with E-state index >= 15 is 0 Å². The predicted molar refractivity (Wildman–Crippen MR) is 99.6 cm³/mol. The fourth-order valence-corrected chi connectivity index (χ4v) is 3.09. The van der Waals surface area contributed by atoms with Crippen molar-refractivity contribution in [3.05, 3.63) is 12.2 Å². The van der Waals surface area contributed by atoms with Crippen molar-refractivity contribution in [1.82, 2.24) is 0 Å². The highest BCUT2D eigenvalue weighted by Gasteiger charge is 2.38. The largest absolute Gasteiger partial charge is 0.394 e. The summed E-state index contributed by atoms with van der Waals surface area (Å²) in [5, 5.41) is 29.0. The van der Waals surface area contributed by atoms with Crippen molar-refractivity contribution in [2.24, 2.45) is 0 Å². The Labute approximate surface area is 153 Å². The molecular weight excluding hydrogens is 320 g/mol. The number of aliphatic hydroxyl groups excluding tert-OH is 3. The minimum atomic E-state index is -0.981. The summed E-state index contributed by atoms with van der Waals surface area (Å²) in [4.78, 5) is 0. The van der Waals surface area contributed by atoms with Crippen LogP contribution in [0, 0.1) is 0 Å². The summed E-state index contributed by atoms with van der Waals surface area (Å²) in [6.07, 6.45) is 13.5. The Morgan fingerprint density at radius 1 is 0.960 bits per heavy atom. The Kier molecular flexibility index (Phi) is 13.3. The molecule has 1 heterocycles. The first kappa shape index (κ1) is 22.6.